The van der Waals surface area contributed by atoms with Crippen LogP contribution in [0.5, 0.6) is 23.0 Å². The fraction of sp³-hybridized carbons (Fsp3) is 0.617. The highest BCUT2D eigenvalue weighted by Gasteiger charge is 2.56. The number of aryl methyl sites for hydroxylation is 1. The summed E-state index contributed by atoms with van der Waals surface area (Å²) in [6.07, 6.45) is 17.5. The third-order valence-electron chi connectivity index (χ3n) is 14.3. The van der Waals surface area contributed by atoms with Gasteiger partial charge in [0, 0.05) is 18.6 Å². The summed E-state index contributed by atoms with van der Waals surface area (Å²) >= 11 is 0. The maximum Gasteiger partial charge on any atom is 0.344 e. The van der Waals surface area contributed by atoms with Crippen LogP contribution >= 0.6 is 0 Å². The molecule has 0 unspecified atom stereocenters. The van der Waals surface area contributed by atoms with E-state index in [2.05, 4.69) is 40.7 Å². The Kier molecular flexibility index (Phi) is 11.3. The van der Waals surface area contributed by atoms with Gasteiger partial charge in [0.15, 0.2) is 6.61 Å². The predicted octanol–water partition coefficient (Wildman–Crippen LogP) is 11.6. The first-order chi connectivity index (χ1) is 25.9. The Hall–Kier alpha value is -3.74. The van der Waals surface area contributed by atoms with E-state index in [0.717, 1.165) is 54.8 Å². The van der Waals surface area contributed by atoms with Crippen LogP contribution in [-0.4, -0.2) is 25.8 Å². The zero-order chi connectivity index (χ0) is 38.2. The van der Waals surface area contributed by atoms with Crippen LogP contribution in [0.25, 0.3) is 11.0 Å². The maximum atomic E-state index is 13.3. The molecule has 7 nitrogen and oxygen atoms in total. The topological polar surface area (TPSA) is 84.2 Å². The molecule has 3 aromatic rings. The fourth-order valence-corrected chi connectivity index (χ4v) is 11.2. The van der Waals surface area contributed by atoms with E-state index in [-0.39, 0.29) is 35.3 Å². The van der Waals surface area contributed by atoms with Crippen molar-refractivity contribution >= 4 is 16.9 Å². The molecule has 8 atom stereocenters. The molecule has 0 N–H and O–H groups in total. The Morgan fingerprint density at radius 3 is 2.56 bits per heavy atom. The van der Waals surface area contributed by atoms with Gasteiger partial charge in [-0.2, -0.15) is 0 Å². The van der Waals surface area contributed by atoms with Crippen molar-refractivity contribution in [3.05, 3.63) is 70.1 Å². The SMILES string of the molecule is COc1cccc(Oc2c(C)oc3cc(OCC(=O)O[C@@H]4CC[C@]5(C)C(=CC[C@H]6[C@H]7CC[C@@H]([C@@H](C)CCCC(C)C)C[C@]7(C)CC[C@H]65)C4)ccc3c2=O)c1. The minimum Gasteiger partial charge on any atom is -0.497 e. The number of ether oxygens (including phenoxy) is 4. The Morgan fingerprint density at radius 1 is 0.944 bits per heavy atom. The Bertz CT molecular complexity index is 1910. The third-order valence-corrected chi connectivity index (χ3v) is 14.3. The van der Waals surface area contributed by atoms with Gasteiger partial charge in [-0.15, -0.1) is 0 Å². The molecule has 2 aromatic carbocycles. The summed E-state index contributed by atoms with van der Waals surface area (Å²) in [5.41, 5.74) is 2.27. The lowest BCUT2D eigenvalue weighted by Crippen LogP contribution is -2.52. The van der Waals surface area contributed by atoms with Crippen LogP contribution in [0.3, 0.4) is 0 Å². The lowest BCUT2D eigenvalue weighted by molar-refractivity contribution is -0.154. The monoisotopic (exact) mass is 738 g/mol. The lowest BCUT2D eigenvalue weighted by Gasteiger charge is -2.61. The zero-order valence-electron chi connectivity index (χ0n) is 33.7. The number of benzene rings is 2. The highest BCUT2D eigenvalue weighted by atomic mass is 16.6. The number of rotatable bonds is 12. The van der Waals surface area contributed by atoms with Crippen molar-refractivity contribution in [1.82, 2.24) is 0 Å². The second-order valence-corrected chi connectivity index (χ2v) is 18.2. The number of methoxy groups -OCH3 is 1. The average molecular weight is 739 g/mol. The van der Waals surface area contributed by atoms with Crippen molar-refractivity contribution in [3.63, 3.8) is 0 Å². The first kappa shape index (κ1) is 38.5. The maximum absolute atomic E-state index is 13.3. The summed E-state index contributed by atoms with van der Waals surface area (Å²) in [7, 11) is 1.58. The first-order valence-electron chi connectivity index (χ1n) is 20.8. The largest absolute Gasteiger partial charge is 0.497 e. The van der Waals surface area contributed by atoms with Crippen LogP contribution in [0.15, 0.2) is 63.3 Å². The number of carbonyl (C=O) groups excluding carboxylic acids is 1. The van der Waals surface area contributed by atoms with Gasteiger partial charge < -0.3 is 23.4 Å². The molecule has 54 heavy (non-hydrogen) atoms. The summed E-state index contributed by atoms with van der Waals surface area (Å²) in [4.78, 5) is 26.4. The number of fused-ring (bicyclic) bond motifs is 6. The zero-order valence-corrected chi connectivity index (χ0v) is 33.7. The average Bonchev–Trinajstić information content (AvgIpc) is 3.15. The molecule has 7 heteroatoms. The minimum absolute atomic E-state index is 0.113. The van der Waals surface area contributed by atoms with Gasteiger partial charge in [-0.1, -0.05) is 71.6 Å². The van der Waals surface area contributed by atoms with E-state index in [9.17, 15) is 9.59 Å². The quantitative estimate of drug-likeness (QED) is 0.135. The number of allylic oxidation sites excluding steroid dienone is 1. The molecular formula is C47H62O7. The molecule has 3 fully saturated rings. The molecule has 0 bridgehead atoms. The molecule has 1 aromatic heterocycles. The van der Waals surface area contributed by atoms with Crippen molar-refractivity contribution in [3.8, 4) is 23.0 Å². The number of hydrogen-bond donors (Lipinski definition) is 0. The van der Waals surface area contributed by atoms with Crippen LogP contribution in [0.1, 0.15) is 117 Å². The Balaban J connectivity index is 0.933. The highest BCUT2D eigenvalue weighted by molar-refractivity contribution is 5.80. The Morgan fingerprint density at radius 2 is 1.76 bits per heavy atom. The highest BCUT2D eigenvalue weighted by Crippen LogP contribution is 2.65. The number of carbonyl (C=O) groups is 1. The van der Waals surface area contributed by atoms with Gasteiger partial charge in [0.2, 0.25) is 11.2 Å². The van der Waals surface area contributed by atoms with Crippen LogP contribution in [0.2, 0.25) is 0 Å². The van der Waals surface area contributed by atoms with E-state index < -0.39 is 0 Å². The predicted molar refractivity (Wildman–Crippen MR) is 213 cm³/mol. The molecule has 0 radical (unpaired) electrons. The van der Waals surface area contributed by atoms with Crippen molar-refractivity contribution in [1.29, 1.82) is 0 Å². The van der Waals surface area contributed by atoms with Gasteiger partial charge in [0.1, 0.15) is 34.7 Å². The van der Waals surface area contributed by atoms with E-state index in [1.807, 2.05) is 0 Å². The first-order valence-corrected chi connectivity index (χ1v) is 20.8. The van der Waals surface area contributed by atoms with Gasteiger partial charge in [0.05, 0.1) is 12.5 Å². The lowest BCUT2D eigenvalue weighted by atomic mass is 9.44. The molecule has 0 saturated heterocycles. The van der Waals surface area contributed by atoms with Crippen molar-refractivity contribution in [2.45, 2.75) is 125 Å². The molecule has 1 heterocycles. The van der Waals surface area contributed by atoms with Crippen molar-refractivity contribution < 1.29 is 28.2 Å². The van der Waals surface area contributed by atoms with Crippen molar-refractivity contribution in [2.24, 2.45) is 46.3 Å². The third kappa shape index (κ3) is 7.84. The summed E-state index contributed by atoms with van der Waals surface area (Å²) < 4.78 is 29.0. The van der Waals surface area contributed by atoms with Crippen LogP contribution in [-0.2, 0) is 9.53 Å². The van der Waals surface area contributed by atoms with Gasteiger partial charge in [-0.05, 0) is 129 Å². The molecule has 4 aliphatic rings. The molecule has 7 rings (SSSR count). The molecule has 292 valence electrons. The van der Waals surface area contributed by atoms with Gasteiger partial charge in [-0.25, -0.2) is 4.79 Å². The van der Waals surface area contributed by atoms with Crippen LogP contribution in [0.4, 0.5) is 0 Å². The van der Waals surface area contributed by atoms with E-state index in [1.165, 1.54) is 63.4 Å². The number of hydrogen-bond acceptors (Lipinski definition) is 7. The summed E-state index contributed by atoms with van der Waals surface area (Å²) in [5.74, 6) is 6.50. The van der Waals surface area contributed by atoms with Gasteiger partial charge in [0.25, 0.3) is 0 Å². The molecule has 0 spiro atoms. The molecule has 0 aliphatic heterocycles. The summed E-state index contributed by atoms with van der Waals surface area (Å²) in [5, 5.41) is 0.360. The molecule has 0 amide bonds. The normalized spacial score (nSPS) is 29.7. The van der Waals surface area contributed by atoms with E-state index in [0.29, 0.717) is 39.4 Å². The van der Waals surface area contributed by atoms with E-state index >= 15 is 0 Å². The van der Waals surface area contributed by atoms with Crippen LogP contribution in [0, 0.1) is 53.3 Å². The minimum atomic E-state index is -0.374. The molecule has 3 saturated carbocycles. The standard InChI is InChI=1S/C47H62O7/c1-29(2)10-8-11-30(3)32-14-19-40-38-17-15-33-24-37(20-23-47(33,6)41(38)21-22-46(40,5)27-32)53-43(48)28-51-35-16-18-39-42(26-35)52-31(4)45(44(39)49)54-36-13-9-12-34(25-36)50-7/h9,12-13,15-16,18,25-26,29-30,32,37-38,40-41H,8,10-11,14,17,19-24,27-28H2,1-7H3/t30-,32+,37+,38-,40+,41+,46-,47+/m0/s1. The second-order valence-electron chi connectivity index (χ2n) is 18.2. The van der Waals surface area contributed by atoms with E-state index in [4.69, 9.17) is 23.4 Å². The summed E-state index contributed by atoms with van der Waals surface area (Å²) in [6, 6.07) is 12.0. The molecular weight excluding hydrogens is 677 g/mol. The van der Waals surface area contributed by atoms with Gasteiger partial charge in [-0.3, -0.25) is 4.79 Å². The number of esters is 1. The van der Waals surface area contributed by atoms with E-state index in [1.54, 1.807) is 56.5 Å². The Labute approximate surface area is 322 Å². The van der Waals surface area contributed by atoms with Crippen LogP contribution < -0.4 is 19.6 Å². The smallest absolute Gasteiger partial charge is 0.344 e. The fourth-order valence-electron chi connectivity index (χ4n) is 11.2. The summed E-state index contributed by atoms with van der Waals surface area (Å²) in [6.45, 7) is 13.9. The van der Waals surface area contributed by atoms with Gasteiger partial charge >= 0.3 is 5.97 Å². The van der Waals surface area contributed by atoms with Crippen molar-refractivity contribution in [2.75, 3.05) is 13.7 Å². The molecule has 4 aliphatic carbocycles. The second kappa shape index (κ2) is 15.8.